The van der Waals surface area contributed by atoms with Gasteiger partial charge >= 0.3 is 5.97 Å². The van der Waals surface area contributed by atoms with E-state index in [1.807, 2.05) is 0 Å². The lowest BCUT2D eigenvalue weighted by Crippen LogP contribution is -2.12. The van der Waals surface area contributed by atoms with E-state index in [4.69, 9.17) is 9.52 Å². The number of rotatable bonds is 3. The van der Waals surface area contributed by atoms with Crippen LogP contribution >= 0.6 is 0 Å². The molecule has 2 rings (SSSR count). The molecule has 0 aliphatic heterocycles. The third-order valence-corrected chi connectivity index (χ3v) is 2.28. The van der Waals surface area contributed by atoms with Gasteiger partial charge in [0.2, 0.25) is 0 Å². The van der Waals surface area contributed by atoms with Crippen molar-refractivity contribution in [1.29, 1.82) is 0 Å². The van der Waals surface area contributed by atoms with Gasteiger partial charge in [0, 0.05) is 0 Å². The predicted molar refractivity (Wildman–Crippen MR) is 54.6 cm³/mol. The van der Waals surface area contributed by atoms with Crippen LogP contribution in [-0.4, -0.2) is 11.1 Å². The Morgan fingerprint density at radius 3 is 2.44 bits per heavy atom. The third kappa shape index (κ3) is 1.95. The molecule has 1 atom stereocenters. The van der Waals surface area contributed by atoms with Gasteiger partial charge in [0.1, 0.15) is 17.5 Å². The van der Waals surface area contributed by atoms with E-state index in [0.717, 1.165) is 0 Å². The highest BCUT2D eigenvalue weighted by Gasteiger charge is 2.24. The number of hydrogen-bond donors (Lipinski definition) is 1. The molecule has 1 aromatic heterocycles. The number of halogens is 1. The second kappa shape index (κ2) is 4.18. The maximum atomic E-state index is 12.7. The zero-order valence-corrected chi connectivity index (χ0v) is 8.26. The second-order valence-corrected chi connectivity index (χ2v) is 3.34. The lowest BCUT2D eigenvalue weighted by Gasteiger charge is -2.09. The minimum atomic E-state index is -1.03. The van der Waals surface area contributed by atoms with E-state index < -0.39 is 17.7 Å². The number of carboxylic acids is 1. The van der Waals surface area contributed by atoms with Gasteiger partial charge in [0.15, 0.2) is 0 Å². The quantitative estimate of drug-likeness (QED) is 0.864. The van der Waals surface area contributed by atoms with E-state index in [1.54, 1.807) is 12.1 Å². The van der Waals surface area contributed by atoms with Crippen molar-refractivity contribution in [1.82, 2.24) is 0 Å². The molecule has 1 unspecified atom stereocenters. The molecule has 1 aromatic carbocycles. The van der Waals surface area contributed by atoms with Gasteiger partial charge in [-0.25, -0.2) is 4.39 Å². The van der Waals surface area contributed by atoms with Gasteiger partial charge in [-0.2, -0.15) is 0 Å². The zero-order chi connectivity index (χ0) is 11.5. The number of furan rings is 1. The highest BCUT2D eigenvalue weighted by Crippen LogP contribution is 2.25. The molecule has 2 aromatic rings. The lowest BCUT2D eigenvalue weighted by molar-refractivity contribution is -0.138. The van der Waals surface area contributed by atoms with Crippen LogP contribution in [0.3, 0.4) is 0 Å². The van der Waals surface area contributed by atoms with Crippen molar-refractivity contribution in [3.05, 3.63) is 59.8 Å². The number of carbonyl (C=O) groups is 1. The molecule has 0 bridgehead atoms. The molecule has 0 spiro atoms. The smallest absolute Gasteiger partial charge is 0.318 e. The molecule has 4 heteroatoms. The van der Waals surface area contributed by atoms with Crippen LogP contribution in [-0.2, 0) is 4.79 Å². The Morgan fingerprint density at radius 2 is 1.94 bits per heavy atom. The first-order chi connectivity index (χ1) is 7.68. The predicted octanol–water partition coefficient (Wildman–Crippen LogP) is 2.64. The molecular formula is C12H9FO3. The minimum Gasteiger partial charge on any atom is -0.480 e. The number of benzene rings is 1. The number of hydrogen-bond acceptors (Lipinski definition) is 2. The largest absolute Gasteiger partial charge is 0.480 e. The van der Waals surface area contributed by atoms with Gasteiger partial charge in [0.05, 0.1) is 6.26 Å². The first-order valence-electron chi connectivity index (χ1n) is 4.70. The Kier molecular flexibility index (Phi) is 2.72. The van der Waals surface area contributed by atoms with Crippen molar-refractivity contribution in [3.8, 4) is 0 Å². The first kappa shape index (κ1) is 10.4. The molecule has 0 aliphatic rings. The van der Waals surface area contributed by atoms with Crippen molar-refractivity contribution in [2.75, 3.05) is 0 Å². The topological polar surface area (TPSA) is 50.4 Å². The molecule has 3 nitrogen and oxygen atoms in total. The summed E-state index contributed by atoms with van der Waals surface area (Å²) < 4.78 is 17.8. The fourth-order valence-corrected chi connectivity index (χ4v) is 1.54. The fraction of sp³-hybridized carbons (Fsp3) is 0.0833. The molecule has 16 heavy (non-hydrogen) atoms. The summed E-state index contributed by atoms with van der Waals surface area (Å²) in [4.78, 5) is 11.1. The molecule has 1 heterocycles. The highest BCUT2D eigenvalue weighted by atomic mass is 19.1. The number of aliphatic carboxylic acids is 1. The SMILES string of the molecule is O=C(O)C(c1ccc(F)cc1)c1ccco1. The van der Waals surface area contributed by atoms with Crippen LogP contribution in [0.4, 0.5) is 4.39 Å². The van der Waals surface area contributed by atoms with Crippen LogP contribution in [0, 0.1) is 5.82 Å². The maximum Gasteiger partial charge on any atom is 0.318 e. The van der Waals surface area contributed by atoms with Crippen molar-refractivity contribution in [3.63, 3.8) is 0 Å². The van der Waals surface area contributed by atoms with Gasteiger partial charge in [0.25, 0.3) is 0 Å². The van der Waals surface area contributed by atoms with E-state index in [0.29, 0.717) is 11.3 Å². The molecule has 0 fully saturated rings. The van der Waals surface area contributed by atoms with Gasteiger partial charge in [-0.3, -0.25) is 4.79 Å². The summed E-state index contributed by atoms with van der Waals surface area (Å²) >= 11 is 0. The number of carboxylic acid groups (broad SMARTS) is 1. The molecular weight excluding hydrogens is 211 g/mol. The van der Waals surface area contributed by atoms with Crippen LogP contribution in [0.15, 0.2) is 47.1 Å². The van der Waals surface area contributed by atoms with Crippen LogP contribution < -0.4 is 0 Å². The second-order valence-electron chi connectivity index (χ2n) is 3.34. The Hall–Kier alpha value is -2.10. The molecule has 0 radical (unpaired) electrons. The molecule has 82 valence electrons. The van der Waals surface area contributed by atoms with Crippen LogP contribution in [0.1, 0.15) is 17.2 Å². The Bertz CT molecular complexity index is 473. The van der Waals surface area contributed by atoms with Crippen LogP contribution in [0.25, 0.3) is 0 Å². The molecule has 0 amide bonds. The zero-order valence-electron chi connectivity index (χ0n) is 8.26. The van der Waals surface area contributed by atoms with Crippen molar-refractivity contribution >= 4 is 5.97 Å². The Balaban J connectivity index is 2.41. The van der Waals surface area contributed by atoms with Gasteiger partial charge in [-0.05, 0) is 29.8 Å². The molecule has 0 aliphatic carbocycles. The molecule has 1 N–H and O–H groups in total. The monoisotopic (exact) mass is 220 g/mol. The van der Waals surface area contributed by atoms with Crippen molar-refractivity contribution < 1.29 is 18.7 Å². The Labute approximate surface area is 91.1 Å². The summed E-state index contributed by atoms with van der Waals surface area (Å²) in [5.41, 5.74) is 0.490. The highest BCUT2D eigenvalue weighted by molar-refractivity contribution is 5.79. The lowest BCUT2D eigenvalue weighted by atomic mass is 9.97. The third-order valence-electron chi connectivity index (χ3n) is 2.28. The Morgan fingerprint density at radius 1 is 1.25 bits per heavy atom. The van der Waals surface area contributed by atoms with Crippen molar-refractivity contribution in [2.24, 2.45) is 0 Å². The van der Waals surface area contributed by atoms with Gasteiger partial charge in [-0.1, -0.05) is 12.1 Å². The molecule has 0 saturated carbocycles. The maximum absolute atomic E-state index is 12.7. The summed E-state index contributed by atoms with van der Waals surface area (Å²) in [5.74, 6) is -1.98. The van der Waals surface area contributed by atoms with Crippen LogP contribution in [0.2, 0.25) is 0 Å². The van der Waals surface area contributed by atoms with Crippen LogP contribution in [0.5, 0.6) is 0 Å². The summed E-state index contributed by atoms with van der Waals surface area (Å²) in [6, 6.07) is 8.55. The van der Waals surface area contributed by atoms with Gasteiger partial charge in [-0.15, -0.1) is 0 Å². The van der Waals surface area contributed by atoms with E-state index in [2.05, 4.69) is 0 Å². The fourth-order valence-electron chi connectivity index (χ4n) is 1.54. The average molecular weight is 220 g/mol. The minimum absolute atomic E-state index is 0.333. The summed E-state index contributed by atoms with van der Waals surface area (Å²) in [6.07, 6.45) is 1.41. The molecule has 0 saturated heterocycles. The summed E-state index contributed by atoms with van der Waals surface area (Å²) in [5, 5.41) is 9.11. The average Bonchev–Trinajstić information content (AvgIpc) is 2.74. The van der Waals surface area contributed by atoms with E-state index in [-0.39, 0.29) is 0 Å². The summed E-state index contributed by atoms with van der Waals surface area (Å²) in [7, 11) is 0. The normalized spacial score (nSPS) is 12.3. The first-order valence-corrected chi connectivity index (χ1v) is 4.70. The van der Waals surface area contributed by atoms with Gasteiger partial charge < -0.3 is 9.52 Å². The van der Waals surface area contributed by atoms with E-state index >= 15 is 0 Å². The van der Waals surface area contributed by atoms with Crippen molar-refractivity contribution in [2.45, 2.75) is 5.92 Å². The van der Waals surface area contributed by atoms with E-state index in [1.165, 1.54) is 30.5 Å². The summed E-state index contributed by atoms with van der Waals surface area (Å²) in [6.45, 7) is 0. The standard InChI is InChI=1S/C12H9FO3/c13-9-5-3-8(4-6-9)11(12(14)15)10-2-1-7-16-10/h1-7,11H,(H,14,15). The van der Waals surface area contributed by atoms with E-state index in [9.17, 15) is 9.18 Å².